The lowest BCUT2D eigenvalue weighted by molar-refractivity contribution is -0.384. The average Bonchev–Trinajstić information content (AvgIpc) is 2.45. The van der Waals surface area contributed by atoms with Crippen molar-refractivity contribution in [2.45, 2.75) is 6.61 Å². The van der Waals surface area contributed by atoms with E-state index < -0.39 is 4.92 Å². The summed E-state index contributed by atoms with van der Waals surface area (Å²) in [6.45, 7) is 0.279. The van der Waals surface area contributed by atoms with Gasteiger partial charge in [0.05, 0.1) is 11.1 Å². The fourth-order valence-corrected chi connectivity index (χ4v) is 1.46. The van der Waals surface area contributed by atoms with Crippen LogP contribution >= 0.6 is 0 Å². The lowest BCUT2D eigenvalue weighted by Crippen LogP contribution is -1.91. The maximum absolute atomic E-state index is 10.5. The van der Waals surface area contributed by atoms with Crippen molar-refractivity contribution in [2.75, 3.05) is 0 Å². The van der Waals surface area contributed by atoms with Crippen molar-refractivity contribution in [3.63, 3.8) is 0 Å². The van der Waals surface area contributed by atoms with Crippen molar-refractivity contribution in [1.82, 2.24) is 0 Å². The molecule has 0 aromatic heterocycles. The Kier molecular flexibility index (Phi) is 4.23. The van der Waals surface area contributed by atoms with Crippen LogP contribution in [-0.2, 0) is 11.4 Å². The van der Waals surface area contributed by atoms with Crippen LogP contribution in [-0.4, -0.2) is 11.1 Å². The second kappa shape index (κ2) is 6.30. The number of benzene rings is 2. The zero-order valence-corrected chi connectivity index (χ0v) is 10.1. The molecule has 0 aliphatic rings. The van der Waals surface area contributed by atoms with Gasteiger partial charge in [-0.15, -0.1) is 0 Å². The predicted molar refractivity (Wildman–Crippen MR) is 71.9 cm³/mol. The maximum atomic E-state index is 10.5. The maximum Gasteiger partial charge on any atom is 0.269 e. The van der Waals surface area contributed by atoms with Crippen LogP contribution in [0.3, 0.4) is 0 Å². The SMILES string of the molecule is O=[N+]([O-])c1ccc(CO/N=C\c2ccccc2)cc1. The van der Waals surface area contributed by atoms with Crippen LogP contribution < -0.4 is 0 Å². The Hall–Kier alpha value is -2.69. The Morgan fingerprint density at radius 1 is 1.11 bits per heavy atom. The lowest BCUT2D eigenvalue weighted by atomic mass is 10.2. The van der Waals surface area contributed by atoms with Crippen molar-refractivity contribution in [3.05, 3.63) is 75.8 Å². The molecular formula is C14H12N2O3. The molecule has 0 atom stereocenters. The normalized spacial score (nSPS) is 10.5. The minimum absolute atomic E-state index is 0.0662. The van der Waals surface area contributed by atoms with E-state index in [1.54, 1.807) is 18.3 Å². The molecule has 0 unspecified atom stereocenters. The monoisotopic (exact) mass is 256 g/mol. The molecule has 0 fully saturated rings. The predicted octanol–water partition coefficient (Wildman–Crippen LogP) is 3.15. The Morgan fingerprint density at radius 3 is 2.42 bits per heavy atom. The van der Waals surface area contributed by atoms with E-state index in [9.17, 15) is 10.1 Å². The second-order valence-electron chi connectivity index (χ2n) is 3.84. The first-order valence-corrected chi connectivity index (χ1v) is 5.69. The number of non-ortho nitro benzene ring substituents is 1. The largest absolute Gasteiger partial charge is 0.391 e. The summed E-state index contributed by atoms with van der Waals surface area (Å²) in [4.78, 5) is 15.2. The minimum Gasteiger partial charge on any atom is -0.391 e. The van der Waals surface area contributed by atoms with Gasteiger partial charge in [-0.2, -0.15) is 0 Å². The van der Waals surface area contributed by atoms with Gasteiger partial charge in [0.15, 0.2) is 0 Å². The molecule has 0 heterocycles. The number of nitro benzene ring substituents is 1. The van der Waals surface area contributed by atoms with E-state index in [4.69, 9.17) is 4.84 Å². The first-order chi connectivity index (χ1) is 9.25. The van der Waals surface area contributed by atoms with Gasteiger partial charge in [0, 0.05) is 12.1 Å². The molecule has 2 aromatic carbocycles. The Labute approximate surface area is 110 Å². The fraction of sp³-hybridized carbons (Fsp3) is 0.0714. The zero-order chi connectivity index (χ0) is 13.5. The van der Waals surface area contributed by atoms with Gasteiger partial charge >= 0.3 is 0 Å². The summed E-state index contributed by atoms with van der Waals surface area (Å²) in [5.74, 6) is 0. The molecule has 0 saturated heterocycles. The molecule has 0 radical (unpaired) electrons. The third-order valence-electron chi connectivity index (χ3n) is 2.45. The molecule has 5 heteroatoms. The van der Waals surface area contributed by atoms with Crippen LogP contribution in [0.2, 0.25) is 0 Å². The van der Waals surface area contributed by atoms with E-state index in [1.165, 1.54) is 12.1 Å². The first kappa shape index (κ1) is 12.8. The summed E-state index contributed by atoms with van der Waals surface area (Å²) >= 11 is 0. The summed E-state index contributed by atoms with van der Waals surface area (Å²) in [6, 6.07) is 15.8. The third-order valence-corrected chi connectivity index (χ3v) is 2.45. The first-order valence-electron chi connectivity index (χ1n) is 5.69. The molecule has 2 aromatic rings. The zero-order valence-electron chi connectivity index (χ0n) is 10.1. The van der Waals surface area contributed by atoms with Gasteiger partial charge in [-0.3, -0.25) is 10.1 Å². The summed E-state index contributed by atoms with van der Waals surface area (Å²) in [6.07, 6.45) is 1.62. The Morgan fingerprint density at radius 2 is 1.79 bits per heavy atom. The topological polar surface area (TPSA) is 64.7 Å². The van der Waals surface area contributed by atoms with E-state index in [1.807, 2.05) is 30.3 Å². The van der Waals surface area contributed by atoms with Crippen molar-refractivity contribution in [3.8, 4) is 0 Å². The Balaban J connectivity index is 1.86. The highest BCUT2D eigenvalue weighted by Crippen LogP contribution is 2.12. The molecule has 0 spiro atoms. The van der Waals surface area contributed by atoms with Gasteiger partial charge in [-0.05, 0) is 23.3 Å². The molecule has 96 valence electrons. The van der Waals surface area contributed by atoms with Gasteiger partial charge in [0.1, 0.15) is 6.61 Å². The molecular weight excluding hydrogens is 244 g/mol. The second-order valence-corrected chi connectivity index (χ2v) is 3.84. The van der Waals surface area contributed by atoms with E-state index >= 15 is 0 Å². The van der Waals surface area contributed by atoms with Crippen LogP contribution in [0.25, 0.3) is 0 Å². The molecule has 0 aliphatic heterocycles. The highest BCUT2D eigenvalue weighted by Gasteiger charge is 2.03. The standard InChI is InChI=1S/C14H12N2O3/c17-16(18)14-8-6-13(7-9-14)11-19-15-10-12-4-2-1-3-5-12/h1-10H,11H2/b15-10-. The summed E-state index contributed by atoms with van der Waals surface area (Å²) in [7, 11) is 0. The summed E-state index contributed by atoms with van der Waals surface area (Å²) in [5.41, 5.74) is 1.85. The molecule has 0 amide bonds. The summed E-state index contributed by atoms with van der Waals surface area (Å²) in [5, 5.41) is 14.3. The van der Waals surface area contributed by atoms with Gasteiger partial charge in [0.25, 0.3) is 5.69 Å². The van der Waals surface area contributed by atoms with Gasteiger partial charge in [-0.1, -0.05) is 35.5 Å². The molecule has 5 nitrogen and oxygen atoms in total. The van der Waals surface area contributed by atoms with Crippen LogP contribution in [0.4, 0.5) is 5.69 Å². The molecule has 0 aliphatic carbocycles. The Bertz CT molecular complexity index is 565. The van der Waals surface area contributed by atoms with Crippen LogP contribution in [0.5, 0.6) is 0 Å². The molecule has 0 saturated carbocycles. The molecule has 19 heavy (non-hydrogen) atoms. The number of hydrogen-bond donors (Lipinski definition) is 0. The average molecular weight is 256 g/mol. The number of hydrogen-bond acceptors (Lipinski definition) is 4. The van der Waals surface area contributed by atoms with Crippen LogP contribution in [0, 0.1) is 10.1 Å². The summed E-state index contributed by atoms with van der Waals surface area (Å²) < 4.78 is 0. The lowest BCUT2D eigenvalue weighted by Gasteiger charge is -1.99. The number of oxime groups is 1. The van der Waals surface area contributed by atoms with E-state index in [2.05, 4.69) is 5.16 Å². The molecule has 0 N–H and O–H groups in total. The van der Waals surface area contributed by atoms with Crippen molar-refractivity contribution in [1.29, 1.82) is 0 Å². The fourth-order valence-electron chi connectivity index (χ4n) is 1.46. The molecule has 2 rings (SSSR count). The smallest absolute Gasteiger partial charge is 0.269 e. The van der Waals surface area contributed by atoms with Crippen molar-refractivity contribution in [2.24, 2.45) is 5.16 Å². The van der Waals surface area contributed by atoms with Gasteiger partial charge < -0.3 is 4.84 Å². The molecule has 0 bridgehead atoms. The number of nitro groups is 1. The van der Waals surface area contributed by atoms with Gasteiger partial charge in [-0.25, -0.2) is 0 Å². The van der Waals surface area contributed by atoms with Crippen molar-refractivity contribution < 1.29 is 9.76 Å². The third kappa shape index (κ3) is 3.92. The minimum atomic E-state index is -0.432. The van der Waals surface area contributed by atoms with Crippen LogP contribution in [0.1, 0.15) is 11.1 Å². The highest BCUT2D eigenvalue weighted by atomic mass is 16.6. The van der Waals surface area contributed by atoms with E-state index in [-0.39, 0.29) is 12.3 Å². The highest BCUT2D eigenvalue weighted by molar-refractivity contribution is 5.78. The number of rotatable bonds is 5. The van der Waals surface area contributed by atoms with E-state index in [0.29, 0.717) is 0 Å². The van der Waals surface area contributed by atoms with E-state index in [0.717, 1.165) is 11.1 Å². The quantitative estimate of drug-likeness (QED) is 0.469. The number of nitrogens with zero attached hydrogens (tertiary/aromatic N) is 2. The van der Waals surface area contributed by atoms with Gasteiger partial charge in [0.2, 0.25) is 0 Å². The van der Waals surface area contributed by atoms with Crippen LogP contribution in [0.15, 0.2) is 59.8 Å². The van der Waals surface area contributed by atoms with Crippen molar-refractivity contribution >= 4 is 11.9 Å².